The summed E-state index contributed by atoms with van der Waals surface area (Å²) < 4.78 is 11.5. The Morgan fingerprint density at radius 2 is 2.23 bits per heavy atom. The number of hydrogen-bond acceptors (Lipinski definition) is 9. The van der Waals surface area contributed by atoms with Crippen LogP contribution in [0.15, 0.2) is 36.7 Å². The Hall–Kier alpha value is -3.68. The first-order valence-electron chi connectivity index (χ1n) is 9.93. The monoisotopic (exact) mass is 420 g/mol. The van der Waals surface area contributed by atoms with Gasteiger partial charge in [0.1, 0.15) is 17.6 Å². The number of nitrogens with zero attached hydrogens (tertiary/aromatic N) is 5. The summed E-state index contributed by atoms with van der Waals surface area (Å²) in [4.78, 5) is 10.3. The molecular weight excluding hydrogens is 396 g/mol. The van der Waals surface area contributed by atoms with Gasteiger partial charge < -0.3 is 25.0 Å². The number of methoxy groups -OCH3 is 1. The minimum atomic E-state index is 0.117. The van der Waals surface area contributed by atoms with Crippen LogP contribution < -0.4 is 20.3 Å². The summed E-state index contributed by atoms with van der Waals surface area (Å²) in [5, 5.41) is 22.7. The second kappa shape index (κ2) is 9.42. The fourth-order valence-corrected chi connectivity index (χ4v) is 3.51. The van der Waals surface area contributed by atoms with Crippen molar-refractivity contribution in [2.75, 3.05) is 50.6 Å². The van der Waals surface area contributed by atoms with E-state index in [4.69, 9.17) is 14.7 Å². The van der Waals surface area contributed by atoms with Crippen LogP contribution in [0.1, 0.15) is 5.69 Å². The molecule has 1 aliphatic heterocycles. The smallest absolute Gasteiger partial charge is 0.158 e. The van der Waals surface area contributed by atoms with Crippen LogP contribution in [0.25, 0.3) is 11.3 Å². The topological polar surface area (TPSA) is 124 Å². The van der Waals surface area contributed by atoms with Crippen LogP contribution in [-0.2, 0) is 4.74 Å². The highest BCUT2D eigenvalue weighted by atomic mass is 16.5. The van der Waals surface area contributed by atoms with Gasteiger partial charge in [0.25, 0.3) is 0 Å². The second-order valence-corrected chi connectivity index (χ2v) is 7.12. The van der Waals surface area contributed by atoms with Gasteiger partial charge in [-0.15, -0.1) is 0 Å². The molecule has 0 unspecified atom stereocenters. The molecule has 0 amide bonds. The summed E-state index contributed by atoms with van der Waals surface area (Å²) in [7, 11) is 3.69. The van der Waals surface area contributed by atoms with Crippen molar-refractivity contribution in [2.45, 2.75) is 6.10 Å². The number of likely N-dealkylation sites (N-methyl/N-ethyl adjacent to an activating group) is 1. The zero-order valence-corrected chi connectivity index (χ0v) is 17.4. The van der Waals surface area contributed by atoms with E-state index >= 15 is 0 Å². The van der Waals surface area contributed by atoms with Crippen molar-refractivity contribution < 1.29 is 9.47 Å². The van der Waals surface area contributed by atoms with E-state index in [1.54, 1.807) is 7.11 Å². The highest BCUT2D eigenvalue weighted by Crippen LogP contribution is 2.38. The molecule has 0 bridgehead atoms. The van der Waals surface area contributed by atoms with Crippen molar-refractivity contribution >= 4 is 17.3 Å². The molecule has 31 heavy (non-hydrogen) atoms. The van der Waals surface area contributed by atoms with Gasteiger partial charge >= 0.3 is 0 Å². The number of hydrogen-bond donors (Lipinski definition) is 3. The van der Waals surface area contributed by atoms with Gasteiger partial charge in [0.2, 0.25) is 0 Å². The second-order valence-electron chi connectivity index (χ2n) is 7.12. The first-order chi connectivity index (χ1) is 15.2. The summed E-state index contributed by atoms with van der Waals surface area (Å²) in [6, 6.07) is 9.77. The number of aromatic nitrogens is 4. The molecule has 3 N–H and O–H groups in total. The molecule has 4 rings (SSSR count). The van der Waals surface area contributed by atoms with Gasteiger partial charge in [0.05, 0.1) is 43.5 Å². The van der Waals surface area contributed by atoms with Gasteiger partial charge in [-0.1, -0.05) is 6.07 Å². The molecule has 1 fully saturated rings. The van der Waals surface area contributed by atoms with Crippen molar-refractivity contribution in [3.63, 3.8) is 0 Å². The zero-order valence-electron chi connectivity index (χ0n) is 17.4. The summed E-state index contributed by atoms with van der Waals surface area (Å²) in [6.45, 7) is 3.18. The maximum Gasteiger partial charge on any atom is 0.158 e. The molecule has 2 aromatic heterocycles. The number of ether oxygens (including phenoxy) is 2. The number of rotatable bonds is 7. The lowest BCUT2D eigenvalue weighted by atomic mass is 10.1. The van der Waals surface area contributed by atoms with Crippen LogP contribution in [0.3, 0.4) is 0 Å². The third-order valence-electron chi connectivity index (χ3n) is 4.99. The van der Waals surface area contributed by atoms with Crippen molar-refractivity contribution in [2.24, 2.45) is 0 Å². The van der Waals surface area contributed by atoms with Crippen molar-refractivity contribution in [3.8, 4) is 23.1 Å². The summed E-state index contributed by atoms with van der Waals surface area (Å²) in [5.74, 6) is 1.81. The molecule has 3 heterocycles. The maximum atomic E-state index is 8.85. The van der Waals surface area contributed by atoms with E-state index in [1.165, 1.54) is 12.4 Å². The standard InChI is InChI=1S/C21H24N8O2/c1-29(13-15-11-23-6-7-31-15)17-4-3-5-18(30-2)21(17)16-8-19(28-27-16)26-20-12-24-14(9-22)10-25-20/h3-5,8,10,12,15,23H,6-7,11,13H2,1-2H3,(H2,25,26,27,28)/t15-/m0/s1. The van der Waals surface area contributed by atoms with Gasteiger partial charge in [-0.25, -0.2) is 9.97 Å². The molecule has 0 aliphatic carbocycles. The van der Waals surface area contributed by atoms with E-state index < -0.39 is 0 Å². The number of anilines is 3. The average molecular weight is 420 g/mol. The molecule has 0 radical (unpaired) electrons. The molecule has 1 aliphatic rings. The van der Waals surface area contributed by atoms with E-state index in [2.05, 4.69) is 35.7 Å². The molecule has 3 aromatic rings. The summed E-state index contributed by atoms with van der Waals surface area (Å²) in [5.41, 5.74) is 2.96. The largest absolute Gasteiger partial charge is 0.496 e. The first-order valence-corrected chi connectivity index (χ1v) is 9.93. The maximum absolute atomic E-state index is 8.85. The average Bonchev–Trinajstić information content (AvgIpc) is 3.27. The normalized spacial score (nSPS) is 15.8. The molecule has 10 nitrogen and oxygen atoms in total. The number of morpholine rings is 1. The van der Waals surface area contributed by atoms with E-state index in [0.717, 1.165) is 48.9 Å². The Bertz CT molecular complexity index is 1050. The van der Waals surface area contributed by atoms with Gasteiger partial charge in [0.15, 0.2) is 11.5 Å². The predicted octanol–water partition coefficient (Wildman–Crippen LogP) is 1.92. The third-order valence-corrected chi connectivity index (χ3v) is 4.99. The Kier molecular flexibility index (Phi) is 6.26. The molecule has 1 saturated heterocycles. The number of benzene rings is 1. The SMILES string of the molecule is COc1cccc(N(C)C[C@@H]2CNCCO2)c1-c1cc(Nc2cnc(C#N)cn2)n[nH]1. The minimum absolute atomic E-state index is 0.117. The van der Waals surface area contributed by atoms with E-state index in [-0.39, 0.29) is 11.8 Å². The fourth-order valence-electron chi connectivity index (χ4n) is 3.51. The lowest BCUT2D eigenvalue weighted by molar-refractivity contribution is 0.0340. The first kappa shape index (κ1) is 20.6. The van der Waals surface area contributed by atoms with Gasteiger partial charge in [-0.05, 0) is 12.1 Å². The molecule has 0 saturated carbocycles. The van der Waals surface area contributed by atoms with Crippen molar-refractivity contribution in [1.82, 2.24) is 25.5 Å². The number of aromatic amines is 1. The molecule has 0 spiro atoms. The molecule has 10 heteroatoms. The summed E-state index contributed by atoms with van der Waals surface area (Å²) in [6.07, 6.45) is 3.02. The van der Waals surface area contributed by atoms with Gasteiger partial charge in [0, 0.05) is 38.4 Å². The Balaban J connectivity index is 1.58. The van der Waals surface area contributed by atoms with Crippen molar-refractivity contribution in [3.05, 3.63) is 42.4 Å². The van der Waals surface area contributed by atoms with Crippen LogP contribution in [-0.4, -0.2) is 66.7 Å². The predicted molar refractivity (Wildman–Crippen MR) is 116 cm³/mol. The van der Waals surface area contributed by atoms with Crippen LogP contribution in [0, 0.1) is 11.3 Å². The lowest BCUT2D eigenvalue weighted by Crippen LogP contribution is -2.44. The molecular formula is C21H24N8O2. The van der Waals surface area contributed by atoms with Crippen LogP contribution in [0.4, 0.5) is 17.3 Å². The Morgan fingerprint density at radius 3 is 2.94 bits per heavy atom. The molecule has 1 atom stereocenters. The highest BCUT2D eigenvalue weighted by Gasteiger charge is 2.21. The quantitative estimate of drug-likeness (QED) is 0.526. The number of nitrogens with one attached hydrogen (secondary N) is 3. The number of nitriles is 1. The summed E-state index contributed by atoms with van der Waals surface area (Å²) >= 11 is 0. The fraction of sp³-hybridized carbons (Fsp3) is 0.333. The highest BCUT2D eigenvalue weighted by molar-refractivity contribution is 5.83. The van der Waals surface area contributed by atoms with Crippen LogP contribution >= 0.6 is 0 Å². The Morgan fingerprint density at radius 1 is 1.32 bits per heavy atom. The molecule has 1 aromatic carbocycles. The van der Waals surface area contributed by atoms with Gasteiger partial charge in [-0.3, -0.25) is 5.10 Å². The van der Waals surface area contributed by atoms with E-state index in [9.17, 15) is 0 Å². The zero-order chi connectivity index (χ0) is 21.6. The Labute approximate surface area is 180 Å². The molecule has 160 valence electrons. The van der Waals surface area contributed by atoms with Crippen molar-refractivity contribution in [1.29, 1.82) is 5.26 Å². The van der Waals surface area contributed by atoms with Gasteiger partial charge in [-0.2, -0.15) is 10.4 Å². The lowest BCUT2D eigenvalue weighted by Gasteiger charge is -2.30. The van der Waals surface area contributed by atoms with Crippen LogP contribution in [0.5, 0.6) is 5.75 Å². The number of H-pyrrole nitrogens is 1. The van der Waals surface area contributed by atoms with Crippen LogP contribution in [0.2, 0.25) is 0 Å². The minimum Gasteiger partial charge on any atom is -0.496 e. The van der Waals surface area contributed by atoms with E-state index in [0.29, 0.717) is 11.6 Å². The van der Waals surface area contributed by atoms with E-state index in [1.807, 2.05) is 37.4 Å². The third kappa shape index (κ3) is 4.74.